The van der Waals surface area contributed by atoms with E-state index in [4.69, 9.17) is 0 Å². The van der Waals surface area contributed by atoms with Crippen LogP contribution in [0, 0.1) is 6.92 Å². The van der Waals surface area contributed by atoms with E-state index in [2.05, 4.69) is 45.8 Å². The first-order valence-corrected chi connectivity index (χ1v) is 6.42. The number of hydrogen-bond acceptors (Lipinski definition) is 2. The fourth-order valence-electron chi connectivity index (χ4n) is 1.74. The second-order valence-electron chi connectivity index (χ2n) is 3.68. The van der Waals surface area contributed by atoms with Crippen molar-refractivity contribution in [1.29, 1.82) is 0 Å². The minimum Gasteiger partial charge on any atom is -0.288 e. The Morgan fingerprint density at radius 3 is 2.81 bits per heavy atom. The normalized spacial score (nSPS) is 10.7. The molecule has 0 fully saturated rings. The van der Waals surface area contributed by atoms with Gasteiger partial charge in [-0.1, -0.05) is 28.9 Å². The molecule has 16 heavy (non-hydrogen) atoms. The highest BCUT2D eigenvalue weighted by molar-refractivity contribution is 9.08. The summed E-state index contributed by atoms with van der Waals surface area (Å²) < 4.78 is 2.05. The number of rotatable bonds is 3. The fourth-order valence-corrected chi connectivity index (χ4v) is 2.05. The topological polar surface area (TPSA) is 30.7 Å². The summed E-state index contributed by atoms with van der Waals surface area (Å²) in [4.78, 5) is 8.80. The molecule has 0 spiro atoms. The largest absolute Gasteiger partial charge is 0.288 e. The molecule has 0 aliphatic rings. The smallest absolute Gasteiger partial charge is 0.140 e. The summed E-state index contributed by atoms with van der Waals surface area (Å²) in [5, 5.41) is 0.839. The molecule has 0 aromatic carbocycles. The Hall–Kier alpha value is -1.16. The molecule has 2 heterocycles. The summed E-state index contributed by atoms with van der Waals surface area (Å²) in [5.74, 6) is 2.02. The number of alkyl halides is 1. The van der Waals surface area contributed by atoms with Crippen LogP contribution in [-0.4, -0.2) is 14.5 Å². The Morgan fingerprint density at radius 2 is 2.19 bits per heavy atom. The van der Waals surface area contributed by atoms with E-state index in [0.717, 1.165) is 23.4 Å². The first-order valence-electron chi connectivity index (χ1n) is 5.30. The van der Waals surface area contributed by atoms with Gasteiger partial charge in [0.1, 0.15) is 11.6 Å². The standard InChI is InChI=1S/C12H14BrN3/c1-3-11-14-4-5-16(11)12-9(2)6-10(7-13)8-15-12/h4-6,8H,3,7H2,1-2H3. The quantitative estimate of drug-likeness (QED) is 0.809. The molecule has 0 atom stereocenters. The van der Waals surface area contributed by atoms with E-state index < -0.39 is 0 Å². The first-order chi connectivity index (χ1) is 7.76. The predicted octanol–water partition coefficient (Wildman–Crippen LogP) is 3.03. The van der Waals surface area contributed by atoms with Crippen LogP contribution in [0.2, 0.25) is 0 Å². The fraction of sp³-hybridized carbons (Fsp3) is 0.333. The van der Waals surface area contributed by atoms with Gasteiger partial charge in [-0.15, -0.1) is 0 Å². The van der Waals surface area contributed by atoms with Gasteiger partial charge in [-0.25, -0.2) is 9.97 Å². The zero-order valence-electron chi connectivity index (χ0n) is 9.44. The van der Waals surface area contributed by atoms with Crippen molar-refractivity contribution in [2.24, 2.45) is 0 Å². The number of nitrogens with zero attached hydrogens (tertiary/aromatic N) is 3. The number of aryl methyl sites for hydroxylation is 2. The van der Waals surface area contributed by atoms with E-state index >= 15 is 0 Å². The van der Waals surface area contributed by atoms with Gasteiger partial charge in [0, 0.05) is 30.3 Å². The minimum atomic E-state index is 0.839. The van der Waals surface area contributed by atoms with Gasteiger partial charge in [-0.3, -0.25) is 4.57 Å². The first kappa shape index (κ1) is 11.3. The lowest BCUT2D eigenvalue weighted by Crippen LogP contribution is -2.04. The third-order valence-electron chi connectivity index (χ3n) is 2.52. The highest BCUT2D eigenvalue weighted by Crippen LogP contribution is 2.16. The summed E-state index contributed by atoms with van der Waals surface area (Å²) in [6.45, 7) is 4.18. The maximum Gasteiger partial charge on any atom is 0.140 e. The van der Waals surface area contributed by atoms with Crippen LogP contribution < -0.4 is 0 Å². The molecule has 0 unspecified atom stereocenters. The molecule has 0 saturated carbocycles. The number of hydrogen-bond donors (Lipinski definition) is 0. The SMILES string of the molecule is CCc1nccn1-c1ncc(CBr)cc1C. The van der Waals surface area contributed by atoms with E-state index in [1.165, 1.54) is 11.1 Å². The van der Waals surface area contributed by atoms with Crippen LogP contribution in [0.15, 0.2) is 24.7 Å². The van der Waals surface area contributed by atoms with Gasteiger partial charge in [-0.05, 0) is 18.1 Å². The van der Waals surface area contributed by atoms with Gasteiger partial charge < -0.3 is 0 Å². The van der Waals surface area contributed by atoms with E-state index in [9.17, 15) is 0 Å². The lowest BCUT2D eigenvalue weighted by atomic mass is 10.2. The van der Waals surface area contributed by atoms with E-state index in [1.807, 2.05) is 23.2 Å². The maximum absolute atomic E-state index is 4.49. The van der Waals surface area contributed by atoms with Crippen LogP contribution in [0.3, 0.4) is 0 Å². The molecule has 0 amide bonds. The van der Waals surface area contributed by atoms with Gasteiger partial charge in [-0.2, -0.15) is 0 Å². The van der Waals surface area contributed by atoms with Crippen molar-refractivity contribution in [1.82, 2.24) is 14.5 Å². The summed E-state index contributed by atoms with van der Waals surface area (Å²) in [6, 6.07) is 2.15. The monoisotopic (exact) mass is 279 g/mol. The molecule has 2 aromatic rings. The molecule has 3 nitrogen and oxygen atoms in total. The number of aromatic nitrogens is 3. The van der Waals surface area contributed by atoms with Gasteiger partial charge >= 0.3 is 0 Å². The van der Waals surface area contributed by atoms with Crippen molar-refractivity contribution in [2.75, 3.05) is 0 Å². The van der Waals surface area contributed by atoms with Crippen molar-refractivity contribution in [2.45, 2.75) is 25.6 Å². The van der Waals surface area contributed by atoms with Crippen molar-refractivity contribution >= 4 is 15.9 Å². The van der Waals surface area contributed by atoms with Crippen LogP contribution in [-0.2, 0) is 11.8 Å². The Labute approximate surface area is 104 Å². The maximum atomic E-state index is 4.49. The minimum absolute atomic E-state index is 0.839. The third-order valence-corrected chi connectivity index (χ3v) is 3.17. The van der Waals surface area contributed by atoms with Gasteiger partial charge in [0.15, 0.2) is 0 Å². The molecule has 0 N–H and O–H groups in total. The average molecular weight is 280 g/mol. The second-order valence-corrected chi connectivity index (χ2v) is 4.25. The zero-order chi connectivity index (χ0) is 11.5. The van der Waals surface area contributed by atoms with E-state index in [1.54, 1.807) is 0 Å². The molecular formula is C12H14BrN3. The summed E-state index contributed by atoms with van der Waals surface area (Å²) in [7, 11) is 0. The third kappa shape index (κ3) is 2.02. The van der Waals surface area contributed by atoms with Crippen molar-refractivity contribution in [3.8, 4) is 5.82 Å². The summed E-state index contributed by atoms with van der Waals surface area (Å²) in [5.41, 5.74) is 2.36. The molecule has 0 aliphatic carbocycles. The molecular weight excluding hydrogens is 266 g/mol. The van der Waals surface area contributed by atoms with Gasteiger partial charge in [0.2, 0.25) is 0 Å². The molecule has 2 aromatic heterocycles. The van der Waals surface area contributed by atoms with Crippen molar-refractivity contribution in [3.63, 3.8) is 0 Å². The second kappa shape index (κ2) is 4.78. The van der Waals surface area contributed by atoms with Crippen molar-refractivity contribution in [3.05, 3.63) is 41.6 Å². The van der Waals surface area contributed by atoms with Crippen molar-refractivity contribution < 1.29 is 0 Å². The van der Waals surface area contributed by atoms with Gasteiger partial charge in [0.05, 0.1) is 0 Å². The molecule has 84 valence electrons. The lowest BCUT2D eigenvalue weighted by molar-refractivity contribution is 0.858. The molecule has 4 heteroatoms. The van der Waals surface area contributed by atoms with Crippen LogP contribution in [0.5, 0.6) is 0 Å². The number of pyridine rings is 1. The van der Waals surface area contributed by atoms with Crippen LogP contribution in [0.25, 0.3) is 5.82 Å². The molecule has 0 bridgehead atoms. The molecule has 2 rings (SSSR count). The predicted molar refractivity (Wildman–Crippen MR) is 68.1 cm³/mol. The zero-order valence-corrected chi connectivity index (χ0v) is 11.0. The Balaban J connectivity index is 2.48. The average Bonchev–Trinajstić information content (AvgIpc) is 2.76. The number of halogens is 1. The molecule has 0 saturated heterocycles. The van der Waals surface area contributed by atoms with E-state index in [0.29, 0.717) is 0 Å². The highest BCUT2D eigenvalue weighted by atomic mass is 79.9. The number of imidazole rings is 1. The highest BCUT2D eigenvalue weighted by Gasteiger charge is 2.07. The summed E-state index contributed by atoms with van der Waals surface area (Å²) >= 11 is 3.43. The Kier molecular flexibility index (Phi) is 3.39. The molecule has 0 aliphatic heterocycles. The Bertz CT molecular complexity index is 491. The summed E-state index contributed by atoms with van der Waals surface area (Å²) in [6.07, 6.45) is 6.59. The van der Waals surface area contributed by atoms with Gasteiger partial charge in [0.25, 0.3) is 0 Å². The van der Waals surface area contributed by atoms with Crippen LogP contribution >= 0.6 is 15.9 Å². The lowest BCUT2D eigenvalue weighted by Gasteiger charge is -2.09. The van der Waals surface area contributed by atoms with Crippen LogP contribution in [0.1, 0.15) is 23.9 Å². The van der Waals surface area contributed by atoms with E-state index in [-0.39, 0.29) is 0 Å². The Morgan fingerprint density at radius 1 is 1.38 bits per heavy atom. The van der Waals surface area contributed by atoms with Crippen LogP contribution in [0.4, 0.5) is 0 Å². The molecule has 0 radical (unpaired) electrons.